The molecular weight excluding hydrogens is 525 g/mol. The van der Waals surface area contributed by atoms with Crippen LogP contribution in [0.2, 0.25) is 0 Å². The first kappa shape index (κ1) is 24.6. The Morgan fingerprint density at radius 1 is 1.15 bits per heavy atom. The molecule has 0 radical (unpaired) electrons. The van der Waals surface area contributed by atoms with Gasteiger partial charge in [0, 0.05) is 21.3 Å². The Bertz CT molecular complexity index is 1350. The molecule has 1 aromatic heterocycles. The van der Waals surface area contributed by atoms with Gasteiger partial charge >= 0.3 is 6.18 Å². The molecule has 33 heavy (non-hydrogen) atoms. The molecule has 0 aliphatic rings. The zero-order valence-electron chi connectivity index (χ0n) is 17.6. The zero-order valence-corrected chi connectivity index (χ0v) is 20.0. The molecule has 3 aromatic rings. The molecule has 2 aromatic carbocycles. The molecule has 1 heterocycles. The summed E-state index contributed by atoms with van der Waals surface area (Å²) in [6.07, 6.45) is -3.62. The predicted octanol–water partition coefficient (Wildman–Crippen LogP) is 5.95. The van der Waals surface area contributed by atoms with Gasteiger partial charge in [0.2, 0.25) is 0 Å². The zero-order chi connectivity index (χ0) is 24.6. The van der Waals surface area contributed by atoms with Crippen LogP contribution in [0.25, 0.3) is 0 Å². The van der Waals surface area contributed by atoms with Crippen molar-refractivity contribution in [1.82, 2.24) is 10.2 Å². The number of benzene rings is 2. The monoisotopic (exact) mass is 542 g/mol. The quantitative estimate of drug-likeness (QED) is 0.414. The molecule has 2 N–H and O–H groups in total. The fourth-order valence-electron chi connectivity index (χ4n) is 2.91. The Morgan fingerprint density at radius 3 is 2.45 bits per heavy atom. The first-order valence-corrected chi connectivity index (χ1v) is 12.1. The van der Waals surface area contributed by atoms with Crippen LogP contribution in [0.4, 0.5) is 18.9 Å². The number of carbonyl (C=O) groups is 1. The van der Waals surface area contributed by atoms with E-state index < -0.39 is 44.5 Å². The van der Waals surface area contributed by atoms with Gasteiger partial charge in [-0.1, -0.05) is 22.0 Å². The third-order valence-electron chi connectivity index (χ3n) is 4.57. The summed E-state index contributed by atoms with van der Waals surface area (Å²) in [6, 6.07) is 10.6. The lowest BCUT2D eigenvalue weighted by Crippen LogP contribution is -2.21. The number of nitrogens with one attached hydrogen (secondary N) is 2. The fourth-order valence-corrected chi connectivity index (χ4v) is 3.85. The van der Waals surface area contributed by atoms with Crippen LogP contribution in [0.15, 0.2) is 51.8 Å². The van der Waals surface area contributed by atoms with Crippen molar-refractivity contribution in [2.45, 2.75) is 24.9 Å². The molecule has 0 bridgehead atoms. The van der Waals surface area contributed by atoms with Gasteiger partial charge < -0.3 is 10.1 Å². The molecule has 0 aliphatic heterocycles. The number of anilines is 1. The highest BCUT2D eigenvalue weighted by Gasteiger charge is 2.38. The van der Waals surface area contributed by atoms with Gasteiger partial charge in [-0.3, -0.25) is 4.79 Å². The number of nitrogens with zero attached hydrogens (tertiary/aromatic N) is 2. The van der Waals surface area contributed by atoms with Crippen molar-refractivity contribution < 1.29 is 26.9 Å². The Morgan fingerprint density at radius 2 is 1.85 bits per heavy atom. The van der Waals surface area contributed by atoms with Crippen LogP contribution >= 0.6 is 15.9 Å². The molecule has 12 heteroatoms. The summed E-state index contributed by atoms with van der Waals surface area (Å²) in [5.41, 5.74) is -1.29. The summed E-state index contributed by atoms with van der Waals surface area (Å²) in [4.78, 5) is 13.2. The average Bonchev–Trinajstić information content (AvgIpc) is 2.69. The van der Waals surface area contributed by atoms with Crippen molar-refractivity contribution in [1.29, 1.82) is 4.78 Å². The standard InChI is InChI=1S/C21H18BrF3N4O3S/c1-11-9-14(7-8-16(11)22)32-20-17(12(2)18(28-29-20)21(23,24)25)19(30)27-13-5-4-6-15(10-13)33(3,26)31/h4-10,26H,1-3H3,(H,27,30). The first-order chi connectivity index (χ1) is 15.3. The lowest BCUT2D eigenvalue weighted by molar-refractivity contribution is -0.142. The topological polar surface area (TPSA) is 105 Å². The van der Waals surface area contributed by atoms with E-state index in [0.717, 1.165) is 17.0 Å². The maximum absolute atomic E-state index is 13.4. The summed E-state index contributed by atoms with van der Waals surface area (Å²) in [7, 11) is -3.07. The number of rotatable bonds is 5. The Balaban J connectivity index is 2.07. The van der Waals surface area contributed by atoms with E-state index in [1.54, 1.807) is 25.1 Å². The second kappa shape index (κ2) is 9.10. The average molecular weight is 543 g/mol. The molecular formula is C21H18BrF3N4O3S. The highest BCUT2D eigenvalue weighted by atomic mass is 79.9. The van der Waals surface area contributed by atoms with Gasteiger partial charge in [-0.25, -0.2) is 8.99 Å². The van der Waals surface area contributed by atoms with Gasteiger partial charge in [0.15, 0.2) is 5.69 Å². The van der Waals surface area contributed by atoms with Crippen LogP contribution < -0.4 is 10.1 Å². The molecule has 7 nitrogen and oxygen atoms in total. The van der Waals surface area contributed by atoms with Crippen molar-refractivity contribution in [2.75, 3.05) is 11.6 Å². The minimum Gasteiger partial charge on any atom is -0.437 e. The minimum absolute atomic E-state index is 0.148. The van der Waals surface area contributed by atoms with Crippen LogP contribution in [0.3, 0.4) is 0 Å². The lowest BCUT2D eigenvalue weighted by Gasteiger charge is -2.16. The number of halogens is 4. The molecule has 1 amide bonds. The number of hydrogen-bond acceptors (Lipinski definition) is 6. The number of hydrogen-bond donors (Lipinski definition) is 2. The molecule has 0 saturated heterocycles. The van der Waals surface area contributed by atoms with E-state index in [9.17, 15) is 22.2 Å². The van der Waals surface area contributed by atoms with Crippen molar-refractivity contribution in [3.63, 3.8) is 0 Å². The molecule has 0 fully saturated rings. The maximum atomic E-state index is 13.4. The molecule has 1 atom stereocenters. The van der Waals surface area contributed by atoms with Crippen LogP contribution in [0, 0.1) is 18.6 Å². The van der Waals surface area contributed by atoms with Gasteiger partial charge in [-0.15, -0.1) is 10.2 Å². The summed E-state index contributed by atoms with van der Waals surface area (Å²) in [6.45, 7) is 2.89. The van der Waals surface area contributed by atoms with E-state index in [1.165, 1.54) is 30.5 Å². The minimum atomic E-state index is -4.84. The summed E-state index contributed by atoms with van der Waals surface area (Å²) in [5, 5.41) is 9.23. The molecule has 0 aliphatic carbocycles. The van der Waals surface area contributed by atoms with Crippen LogP contribution in [0.5, 0.6) is 11.6 Å². The van der Waals surface area contributed by atoms with Gasteiger partial charge in [-0.2, -0.15) is 13.2 Å². The first-order valence-electron chi connectivity index (χ1n) is 9.31. The second-order valence-electron chi connectivity index (χ2n) is 7.19. The van der Waals surface area contributed by atoms with Crippen molar-refractivity contribution in [3.8, 4) is 11.6 Å². The molecule has 174 valence electrons. The van der Waals surface area contributed by atoms with E-state index in [0.29, 0.717) is 0 Å². The van der Waals surface area contributed by atoms with Gasteiger partial charge in [0.1, 0.15) is 11.3 Å². The van der Waals surface area contributed by atoms with E-state index in [-0.39, 0.29) is 16.3 Å². The summed E-state index contributed by atoms with van der Waals surface area (Å²) in [5.74, 6) is -1.09. The van der Waals surface area contributed by atoms with Crippen molar-refractivity contribution in [2.24, 2.45) is 0 Å². The van der Waals surface area contributed by atoms with Crippen LogP contribution in [-0.2, 0) is 15.9 Å². The number of carbonyl (C=O) groups excluding carboxylic acids is 1. The number of amides is 1. The molecule has 0 spiro atoms. The number of ether oxygens (including phenoxy) is 1. The number of alkyl halides is 3. The van der Waals surface area contributed by atoms with E-state index in [2.05, 4.69) is 31.4 Å². The summed E-state index contributed by atoms with van der Waals surface area (Å²) < 4.78 is 66.4. The third kappa shape index (κ3) is 5.69. The number of aryl methyl sites for hydroxylation is 1. The van der Waals surface area contributed by atoms with Crippen molar-refractivity contribution in [3.05, 3.63) is 69.3 Å². The summed E-state index contributed by atoms with van der Waals surface area (Å²) >= 11 is 3.35. The SMILES string of the molecule is Cc1cc(Oc2nnc(C(F)(F)F)c(C)c2C(=O)Nc2cccc(S(C)(=N)=O)c2)ccc1Br. The maximum Gasteiger partial charge on any atom is 0.435 e. The highest BCUT2D eigenvalue weighted by Crippen LogP contribution is 2.35. The third-order valence-corrected chi connectivity index (χ3v) is 6.61. The van der Waals surface area contributed by atoms with Gasteiger partial charge in [0.25, 0.3) is 11.8 Å². The Labute approximate surface area is 196 Å². The Kier molecular flexibility index (Phi) is 6.80. The van der Waals surface area contributed by atoms with Crippen molar-refractivity contribution >= 4 is 37.3 Å². The van der Waals surface area contributed by atoms with E-state index >= 15 is 0 Å². The molecule has 3 rings (SSSR count). The highest BCUT2D eigenvalue weighted by molar-refractivity contribution is 9.10. The smallest absolute Gasteiger partial charge is 0.435 e. The number of aromatic nitrogens is 2. The lowest BCUT2D eigenvalue weighted by atomic mass is 10.1. The second-order valence-corrected chi connectivity index (χ2v) is 10.2. The predicted molar refractivity (Wildman–Crippen MR) is 120 cm³/mol. The van der Waals surface area contributed by atoms with E-state index in [1.807, 2.05) is 0 Å². The van der Waals surface area contributed by atoms with Gasteiger partial charge in [-0.05, 0) is 61.4 Å². The largest absolute Gasteiger partial charge is 0.437 e. The van der Waals surface area contributed by atoms with Crippen LogP contribution in [0.1, 0.15) is 27.2 Å². The normalized spacial score (nSPS) is 13.3. The molecule has 0 saturated carbocycles. The fraction of sp³-hybridized carbons (Fsp3) is 0.190. The Hall–Kier alpha value is -2.99. The molecule has 1 unspecified atom stereocenters. The van der Waals surface area contributed by atoms with Crippen LogP contribution in [-0.4, -0.2) is 26.6 Å². The van der Waals surface area contributed by atoms with Gasteiger partial charge in [0.05, 0.1) is 9.73 Å². The van der Waals surface area contributed by atoms with E-state index in [4.69, 9.17) is 9.52 Å².